The zero-order chi connectivity index (χ0) is 14.4. The van der Waals surface area contributed by atoms with E-state index in [1.165, 1.54) is 36.8 Å². The summed E-state index contributed by atoms with van der Waals surface area (Å²) < 4.78 is 7.04. The summed E-state index contributed by atoms with van der Waals surface area (Å²) in [4.78, 5) is 0. The van der Waals surface area contributed by atoms with E-state index in [1.807, 2.05) is 0 Å². The molecular weight excluding hydrogens is 314 g/mol. The fraction of sp³-hybridized carbons (Fsp3) is 0.647. The maximum Gasteiger partial charge on any atom is 0.0727 e. The third-order valence-electron chi connectivity index (χ3n) is 3.92. The van der Waals surface area contributed by atoms with Crippen molar-refractivity contribution in [2.45, 2.75) is 58.7 Å². The van der Waals surface area contributed by atoms with E-state index in [0.717, 1.165) is 30.1 Å². The Morgan fingerprint density at radius 2 is 2.05 bits per heavy atom. The molecule has 0 atom stereocenters. The SMILES string of the molecule is CC(C)NCc1ccc(COCC2CCCC2)c(Br)c1. The number of nitrogens with one attached hydrogen (secondary N) is 1. The second-order valence-corrected chi connectivity index (χ2v) is 6.98. The van der Waals surface area contributed by atoms with Gasteiger partial charge in [0, 0.05) is 23.7 Å². The first-order chi connectivity index (χ1) is 9.65. The van der Waals surface area contributed by atoms with E-state index in [2.05, 4.69) is 53.3 Å². The summed E-state index contributed by atoms with van der Waals surface area (Å²) in [5.41, 5.74) is 2.56. The molecule has 0 spiro atoms. The highest BCUT2D eigenvalue weighted by Gasteiger charge is 2.15. The Morgan fingerprint density at radius 1 is 1.30 bits per heavy atom. The van der Waals surface area contributed by atoms with Crippen LogP contribution in [-0.4, -0.2) is 12.6 Å². The molecule has 0 unspecified atom stereocenters. The molecule has 1 aliphatic carbocycles. The quantitative estimate of drug-likeness (QED) is 0.780. The zero-order valence-electron chi connectivity index (χ0n) is 12.6. The Bertz CT molecular complexity index is 413. The molecule has 1 aromatic rings. The van der Waals surface area contributed by atoms with Gasteiger partial charge in [0.15, 0.2) is 0 Å². The fourth-order valence-corrected chi connectivity index (χ4v) is 3.19. The maximum absolute atomic E-state index is 5.88. The standard InChI is InChI=1S/C17H26BrNO/c1-13(2)19-10-15-7-8-16(17(18)9-15)12-20-11-14-5-3-4-6-14/h7-9,13-14,19H,3-6,10-12H2,1-2H3. The van der Waals surface area contributed by atoms with Gasteiger partial charge in [-0.15, -0.1) is 0 Å². The molecular formula is C17H26BrNO. The molecule has 2 rings (SSSR count). The van der Waals surface area contributed by atoms with Crippen LogP contribution >= 0.6 is 15.9 Å². The Kier molecular flexibility index (Phi) is 6.53. The summed E-state index contributed by atoms with van der Waals surface area (Å²) in [6.45, 7) is 6.89. The van der Waals surface area contributed by atoms with Crippen molar-refractivity contribution in [3.8, 4) is 0 Å². The fourth-order valence-electron chi connectivity index (χ4n) is 2.65. The predicted octanol–water partition coefficient (Wildman–Crippen LogP) is 4.65. The van der Waals surface area contributed by atoms with Crippen molar-refractivity contribution in [3.05, 3.63) is 33.8 Å². The van der Waals surface area contributed by atoms with E-state index < -0.39 is 0 Å². The molecule has 0 radical (unpaired) electrons. The molecule has 1 N–H and O–H groups in total. The monoisotopic (exact) mass is 339 g/mol. The third-order valence-corrected chi connectivity index (χ3v) is 4.66. The number of hydrogen-bond donors (Lipinski definition) is 1. The van der Waals surface area contributed by atoms with Crippen LogP contribution in [-0.2, 0) is 17.9 Å². The zero-order valence-corrected chi connectivity index (χ0v) is 14.2. The molecule has 0 bridgehead atoms. The molecule has 20 heavy (non-hydrogen) atoms. The van der Waals surface area contributed by atoms with E-state index >= 15 is 0 Å². The lowest BCUT2D eigenvalue weighted by Crippen LogP contribution is -2.21. The summed E-state index contributed by atoms with van der Waals surface area (Å²) in [7, 11) is 0. The average Bonchev–Trinajstić information content (AvgIpc) is 2.92. The summed E-state index contributed by atoms with van der Waals surface area (Å²) in [5.74, 6) is 0.795. The van der Waals surface area contributed by atoms with Crippen LogP contribution in [0.15, 0.2) is 22.7 Å². The van der Waals surface area contributed by atoms with Crippen molar-refractivity contribution >= 4 is 15.9 Å². The summed E-state index contributed by atoms with van der Waals surface area (Å²) >= 11 is 3.66. The first-order valence-corrected chi connectivity index (χ1v) is 8.53. The van der Waals surface area contributed by atoms with Crippen LogP contribution < -0.4 is 5.32 Å². The van der Waals surface area contributed by atoms with Crippen LogP contribution in [0.1, 0.15) is 50.7 Å². The molecule has 1 saturated carbocycles. The van der Waals surface area contributed by atoms with Gasteiger partial charge >= 0.3 is 0 Å². The van der Waals surface area contributed by atoms with E-state index in [1.54, 1.807) is 0 Å². The molecule has 2 nitrogen and oxygen atoms in total. The minimum absolute atomic E-state index is 0.517. The predicted molar refractivity (Wildman–Crippen MR) is 87.7 cm³/mol. The van der Waals surface area contributed by atoms with Crippen molar-refractivity contribution in [2.24, 2.45) is 5.92 Å². The summed E-state index contributed by atoms with van der Waals surface area (Å²) in [5, 5.41) is 3.44. The first-order valence-electron chi connectivity index (χ1n) is 7.73. The minimum Gasteiger partial charge on any atom is -0.376 e. The van der Waals surface area contributed by atoms with Crippen molar-refractivity contribution < 1.29 is 4.74 Å². The molecule has 0 amide bonds. The van der Waals surface area contributed by atoms with E-state index in [9.17, 15) is 0 Å². The molecule has 0 aromatic heterocycles. The van der Waals surface area contributed by atoms with Gasteiger partial charge < -0.3 is 10.1 Å². The lowest BCUT2D eigenvalue weighted by molar-refractivity contribution is 0.0885. The van der Waals surface area contributed by atoms with Gasteiger partial charge in [0.25, 0.3) is 0 Å². The average molecular weight is 340 g/mol. The van der Waals surface area contributed by atoms with Crippen molar-refractivity contribution in [3.63, 3.8) is 0 Å². The Hall–Kier alpha value is -0.380. The van der Waals surface area contributed by atoms with Crippen LogP contribution in [0.25, 0.3) is 0 Å². The molecule has 0 aliphatic heterocycles. The van der Waals surface area contributed by atoms with Crippen molar-refractivity contribution in [1.82, 2.24) is 5.32 Å². The molecule has 1 aromatic carbocycles. The van der Waals surface area contributed by atoms with Crippen molar-refractivity contribution in [1.29, 1.82) is 0 Å². The molecule has 1 fully saturated rings. The van der Waals surface area contributed by atoms with E-state index in [4.69, 9.17) is 4.74 Å². The summed E-state index contributed by atoms with van der Waals surface area (Å²) in [6, 6.07) is 7.08. The summed E-state index contributed by atoms with van der Waals surface area (Å²) in [6.07, 6.45) is 5.46. The lowest BCUT2D eigenvalue weighted by atomic mass is 10.1. The van der Waals surface area contributed by atoms with Gasteiger partial charge in [-0.1, -0.05) is 54.8 Å². The van der Waals surface area contributed by atoms with Crippen LogP contribution in [0.3, 0.4) is 0 Å². The van der Waals surface area contributed by atoms with Crippen LogP contribution in [0.5, 0.6) is 0 Å². The third kappa shape index (κ3) is 5.19. The maximum atomic E-state index is 5.88. The Labute approximate surface area is 131 Å². The second kappa shape index (κ2) is 8.16. The van der Waals surface area contributed by atoms with E-state index in [-0.39, 0.29) is 0 Å². The van der Waals surface area contributed by atoms with Gasteiger partial charge in [-0.25, -0.2) is 0 Å². The minimum atomic E-state index is 0.517. The van der Waals surface area contributed by atoms with E-state index in [0.29, 0.717) is 6.04 Å². The van der Waals surface area contributed by atoms with Crippen LogP contribution in [0, 0.1) is 5.92 Å². The molecule has 0 saturated heterocycles. The highest BCUT2D eigenvalue weighted by molar-refractivity contribution is 9.10. The molecule has 3 heteroatoms. The highest BCUT2D eigenvalue weighted by Crippen LogP contribution is 2.26. The van der Waals surface area contributed by atoms with Crippen molar-refractivity contribution in [2.75, 3.05) is 6.61 Å². The topological polar surface area (TPSA) is 21.3 Å². The number of halogens is 1. The molecule has 112 valence electrons. The van der Waals surface area contributed by atoms with Gasteiger partial charge in [0.2, 0.25) is 0 Å². The molecule has 0 heterocycles. The molecule has 1 aliphatic rings. The van der Waals surface area contributed by atoms with Gasteiger partial charge in [-0.2, -0.15) is 0 Å². The number of benzene rings is 1. The Morgan fingerprint density at radius 3 is 2.70 bits per heavy atom. The van der Waals surface area contributed by atoms with Crippen LogP contribution in [0.2, 0.25) is 0 Å². The van der Waals surface area contributed by atoms with Gasteiger partial charge in [-0.3, -0.25) is 0 Å². The largest absolute Gasteiger partial charge is 0.376 e. The normalized spacial score (nSPS) is 16.2. The van der Waals surface area contributed by atoms with Gasteiger partial charge in [0.1, 0.15) is 0 Å². The number of hydrogen-bond acceptors (Lipinski definition) is 2. The van der Waals surface area contributed by atoms with Gasteiger partial charge in [-0.05, 0) is 36.0 Å². The Balaban J connectivity index is 1.79. The first kappa shape index (κ1) is 16.0. The lowest BCUT2D eigenvalue weighted by Gasteiger charge is -2.12. The smallest absolute Gasteiger partial charge is 0.0727 e. The highest BCUT2D eigenvalue weighted by atomic mass is 79.9. The number of rotatable bonds is 7. The van der Waals surface area contributed by atoms with Crippen LogP contribution in [0.4, 0.5) is 0 Å². The van der Waals surface area contributed by atoms with Gasteiger partial charge in [0.05, 0.1) is 6.61 Å². The number of ether oxygens (including phenoxy) is 1. The second-order valence-electron chi connectivity index (χ2n) is 6.13.